The van der Waals surface area contributed by atoms with E-state index in [2.05, 4.69) is 21.2 Å². The number of benzene rings is 2. The van der Waals surface area contributed by atoms with Gasteiger partial charge >= 0.3 is 0 Å². The molecule has 2 aliphatic heterocycles. The minimum Gasteiger partial charge on any atom is -0.454 e. The summed E-state index contributed by atoms with van der Waals surface area (Å²) < 4.78 is 11.5. The normalized spacial score (nSPS) is 17.8. The maximum Gasteiger partial charge on any atom is 0.251 e. The van der Waals surface area contributed by atoms with E-state index in [9.17, 15) is 9.59 Å². The molecule has 0 spiro atoms. The lowest BCUT2D eigenvalue weighted by Crippen LogP contribution is -2.39. The molecule has 27 heavy (non-hydrogen) atoms. The van der Waals surface area contributed by atoms with Crippen LogP contribution in [-0.4, -0.2) is 36.6 Å². The maximum atomic E-state index is 12.7. The molecule has 0 bridgehead atoms. The van der Waals surface area contributed by atoms with Gasteiger partial charge < -0.3 is 19.7 Å². The van der Waals surface area contributed by atoms with E-state index in [1.165, 1.54) is 0 Å². The molecule has 0 aliphatic carbocycles. The van der Waals surface area contributed by atoms with Crippen molar-refractivity contribution in [2.24, 2.45) is 0 Å². The lowest BCUT2D eigenvalue weighted by atomic mass is 10.0. The lowest BCUT2D eigenvalue weighted by molar-refractivity contribution is -0.131. The van der Waals surface area contributed by atoms with Crippen molar-refractivity contribution in [3.63, 3.8) is 0 Å². The van der Waals surface area contributed by atoms with E-state index < -0.39 is 0 Å². The monoisotopic (exact) mass is 430 g/mol. The highest BCUT2D eigenvalue weighted by Gasteiger charge is 2.30. The molecule has 0 aromatic heterocycles. The Balaban J connectivity index is 1.39. The SMILES string of the molecule is O=C(NCC(=O)N1CCCC1c1cccc(Br)c1)c1ccc2c(c1)OCO2. The lowest BCUT2D eigenvalue weighted by Gasteiger charge is -2.25. The van der Waals surface area contributed by atoms with Gasteiger partial charge in [0.2, 0.25) is 12.7 Å². The predicted octanol–water partition coefficient (Wildman–Crippen LogP) is 3.27. The fourth-order valence-corrected chi connectivity index (χ4v) is 3.94. The number of hydrogen-bond acceptors (Lipinski definition) is 4. The van der Waals surface area contributed by atoms with Crippen LogP contribution in [0.25, 0.3) is 0 Å². The zero-order valence-electron chi connectivity index (χ0n) is 14.6. The summed E-state index contributed by atoms with van der Waals surface area (Å²) >= 11 is 3.48. The van der Waals surface area contributed by atoms with E-state index >= 15 is 0 Å². The summed E-state index contributed by atoms with van der Waals surface area (Å²) in [5.74, 6) is 0.784. The number of nitrogens with zero attached hydrogens (tertiary/aromatic N) is 1. The molecule has 0 radical (unpaired) electrons. The number of amides is 2. The zero-order chi connectivity index (χ0) is 18.8. The first kappa shape index (κ1) is 17.9. The Labute approximate surface area is 165 Å². The van der Waals surface area contributed by atoms with Crippen LogP contribution in [0.2, 0.25) is 0 Å². The summed E-state index contributed by atoms with van der Waals surface area (Å²) in [6.45, 7) is 0.832. The number of rotatable bonds is 4. The summed E-state index contributed by atoms with van der Waals surface area (Å²) in [6, 6.07) is 13.1. The van der Waals surface area contributed by atoms with E-state index in [1.807, 2.05) is 29.2 Å². The third-order valence-corrected chi connectivity index (χ3v) is 5.33. The highest BCUT2D eigenvalue weighted by Crippen LogP contribution is 2.33. The van der Waals surface area contributed by atoms with Crippen LogP contribution in [0.1, 0.15) is 34.8 Å². The molecule has 0 saturated carbocycles. The van der Waals surface area contributed by atoms with Gasteiger partial charge in [-0.2, -0.15) is 0 Å². The van der Waals surface area contributed by atoms with Gasteiger partial charge in [-0.25, -0.2) is 0 Å². The third-order valence-electron chi connectivity index (χ3n) is 4.84. The summed E-state index contributed by atoms with van der Waals surface area (Å²) in [6.07, 6.45) is 1.89. The minimum atomic E-state index is -0.306. The van der Waals surface area contributed by atoms with Crippen molar-refractivity contribution in [2.45, 2.75) is 18.9 Å². The molecule has 1 N–H and O–H groups in total. The molecule has 7 heteroatoms. The standard InChI is InChI=1S/C20H19BrN2O4/c21-15-4-1-3-13(9-15)16-5-2-8-23(16)19(24)11-22-20(25)14-6-7-17-18(10-14)27-12-26-17/h1,3-4,6-7,9-10,16H,2,5,8,11-12H2,(H,22,25). The van der Waals surface area contributed by atoms with Gasteiger partial charge in [-0.15, -0.1) is 0 Å². The quantitative estimate of drug-likeness (QED) is 0.807. The van der Waals surface area contributed by atoms with Crippen molar-refractivity contribution in [1.82, 2.24) is 10.2 Å². The minimum absolute atomic E-state index is 0.0300. The van der Waals surface area contributed by atoms with Crippen molar-refractivity contribution < 1.29 is 19.1 Å². The first-order chi connectivity index (χ1) is 13.1. The topological polar surface area (TPSA) is 67.9 Å². The van der Waals surface area contributed by atoms with E-state index in [-0.39, 0.29) is 31.2 Å². The molecule has 2 aromatic carbocycles. The number of nitrogens with one attached hydrogen (secondary N) is 1. The molecule has 2 aromatic rings. The Kier molecular flexibility index (Phi) is 5.03. The van der Waals surface area contributed by atoms with E-state index in [0.29, 0.717) is 23.6 Å². The van der Waals surface area contributed by atoms with E-state index in [0.717, 1.165) is 22.9 Å². The summed E-state index contributed by atoms with van der Waals surface area (Å²) in [4.78, 5) is 26.9. The molecular formula is C20H19BrN2O4. The summed E-state index contributed by atoms with van der Waals surface area (Å²) in [5, 5.41) is 2.71. The fourth-order valence-electron chi connectivity index (χ4n) is 3.52. The number of ether oxygens (including phenoxy) is 2. The second-order valence-corrected chi connectivity index (χ2v) is 7.47. The molecule has 1 unspecified atom stereocenters. The van der Waals surface area contributed by atoms with Crippen LogP contribution in [0.3, 0.4) is 0 Å². The Hall–Kier alpha value is -2.54. The number of halogens is 1. The number of fused-ring (bicyclic) bond motifs is 1. The Morgan fingerprint density at radius 2 is 2.00 bits per heavy atom. The van der Waals surface area contributed by atoms with Crippen LogP contribution in [0, 0.1) is 0 Å². The van der Waals surface area contributed by atoms with Crippen molar-refractivity contribution in [1.29, 1.82) is 0 Å². The third kappa shape index (κ3) is 3.78. The smallest absolute Gasteiger partial charge is 0.251 e. The van der Waals surface area contributed by atoms with Crippen LogP contribution >= 0.6 is 15.9 Å². The van der Waals surface area contributed by atoms with Crippen LogP contribution in [-0.2, 0) is 4.79 Å². The molecule has 140 valence electrons. The van der Waals surface area contributed by atoms with E-state index in [1.54, 1.807) is 18.2 Å². The first-order valence-corrected chi connectivity index (χ1v) is 9.64. The maximum absolute atomic E-state index is 12.7. The van der Waals surface area contributed by atoms with Crippen molar-refractivity contribution in [3.05, 3.63) is 58.1 Å². The van der Waals surface area contributed by atoms with Gasteiger partial charge in [0.1, 0.15) is 0 Å². The number of carbonyl (C=O) groups is 2. The molecule has 1 atom stereocenters. The molecule has 6 nitrogen and oxygen atoms in total. The summed E-state index contributed by atoms with van der Waals surface area (Å²) in [7, 11) is 0. The molecule has 2 aliphatic rings. The van der Waals surface area contributed by atoms with Crippen LogP contribution in [0.15, 0.2) is 46.9 Å². The molecular weight excluding hydrogens is 412 g/mol. The van der Waals surface area contributed by atoms with Gasteiger partial charge in [0.25, 0.3) is 5.91 Å². The van der Waals surface area contributed by atoms with Crippen LogP contribution < -0.4 is 14.8 Å². The average molecular weight is 431 g/mol. The summed E-state index contributed by atoms with van der Waals surface area (Å²) in [5.41, 5.74) is 1.55. The molecule has 2 heterocycles. The van der Waals surface area contributed by atoms with Crippen molar-refractivity contribution in [3.8, 4) is 11.5 Å². The Morgan fingerprint density at radius 1 is 1.15 bits per heavy atom. The number of hydrogen-bond donors (Lipinski definition) is 1. The second kappa shape index (κ2) is 7.60. The first-order valence-electron chi connectivity index (χ1n) is 8.84. The Morgan fingerprint density at radius 3 is 2.85 bits per heavy atom. The Bertz CT molecular complexity index is 886. The highest BCUT2D eigenvalue weighted by atomic mass is 79.9. The van der Waals surface area contributed by atoms with Crippen LogP contribution in [0.4, 0.5) is 0 Å². The largest absolute Gasteiger partial charge is 0.454 e. The van der Waals surface area contributed by atoms with Gasteiger partial charge in [0.05, 0.1) is 12.6 Å². The average Bonchev–Trinajstić information content (AvgIpc) is 3.34. The van der Waals surface area contributed by atoms with E-state index in [4.69, 9.17) is 9.47 Å². The van der Waals surface area contributed by atoms with Crippen molar-refractivity contribution >= 4 is 27.7 Å². The van der Waals surface area contributed by atoms with Crippen LogP contribution in [0.5, 0.6) is 11.5 Å². The van der Waals surface area contributed by atoms with Crippen molar-refractivity contribution in [2.75, 3.05) is 19.9 Å². The zero-order valence-corrected chi connectivity index (χ0v) is 16.2. The molecule has 1 saturated heterocycles. The highest BCUT2D eigenvalue weighted by molar-refractivity contribution is 9.10. The molecule has 2 amide bonds. The fraction of sp³-hybridized carbons (Fsp3) is 0.300. The van der Waals surface area contributed by atoms with Gasteiger partial charge in [-0.3, -0.25) is 9.59 Å². The van der Waals surface area contributed by atoms with Gasteiger partial charge in [0, 0.05) is 16.6 Å². The number of carbonyl (C=O) groups excluding carboxylic acids is 2. The predicted molar refractivity (Wildman–Crippen MR) is 103 cm³/mol. The van der Waals surface area contributed by atoms with Gasteiger partial charge in [-0.1, -0.05) is 28.1 Å². The second-order valence-electron chi connectivity index (χ2n) is 6.55. The molecule has 1 fully saturated rings. The van der Waals surface area contributed by atoms with Gasteiger partial charge in [-0.05, 0) is 48.7 Å². The molecule has 4 rings (SSSR count). The van der Waals surface area contributed by atoms with Gasteiger partial charge in [0.15, 0.2) is 11.5 Å². The number of likely N-dealkylation sites (tertiary alicyclic amines) is 1.